The van der Waals surface area contributed by atoms with E-state index in [9.17, 15) is 0 Å². The van der Waals surface area contributed by atoms with Crippen molar-refractivity contribution in [2.24, 2.45) is 10.5 Å². The summed E-state index contributed by atoms with van der Waals surface area (Å²) < 4.78 is 5.86. The van der Waals surface area contributed by atoms with Gasteiger partial charge in [0.15, 0.2) is 0 Å². The number of aromatic nitrogens is 2. The number of hydrogen-bond donors (Lipinski definition) is 1. The molecule has 3 heterocycles. The van der Waals surface area contributed by atoms with Crippen LogP contribution < -0.4 is 20.0 Å². The first-order chi connectivity index (χ1) is 14.4. The van der Waals surface area contributed by atoms with Gasteiger partial charge < -0.3 is 15.0 Å². The van der Waals surface area contributed by atoms with Crippen molar-refractivity contribution in [1.29, 1.82) is 0 Å². The monoisotopic (exact) mass is 430 g/mol. The van der Waals surface area contributed by atoms with Gasteiger partial charge in [0, 0.05) is 37.6 Å². The number of likely N-dealkylation sites (N-methyl/N-ethyl adjacent to an activating group) is 1. The Bertz CT molecular complexity index is 840. The van der Waals surface area contributed by atoms with Crippen LogP contribution in [0.2, 0.25) is 0 Å². The lowest BCUT2D eigenvalue weighted by atomic mass is 9.83. The van der Waals surface area contributed by atoms with Crippen molar-refractivity contribution >= 4 is 28.5 Å². The summed E-state index contributed by atoms with van der Waals surface area (Å²) in [5.74, 6) is 1.31. The Balaban J connectivity index is 1.78. The average molecular weight is 431 g/mol. The van der Waals surface area contributed by atoms with Gasteiger partial charge in [-0.05, 0) is 43.9 Å². The highest BCUT2D eigenvalue weighted by atomic mass is 32.1. The molecule has 3 rings (SSSR count). The second-order valence-electron chi connectivity index (χ2n) is 8.40. The van der Waals surface area contributed by atoms with Crippen molar-refractivity contribution in [2.75, 3.05) is 50.2 Å². The molecular formula is C22H34N6OS. The zero-order valence-electron chi connectivity index (χ0n) is 18.8. The summed E-state index contributed by atoms with van der Waals surface area (Å²) in [7, 11) is 3.87. The molecule has 0 aliphatic carbocycles. The number of hydrazone groups is 1. The minimum atomic E-state index is 0.377. The highest BCUT2D eigenvalue weighted by Crippen LogP contribution is 2.31. The van der Waals surface area contributed by atoms with Crippen LogP contribution in [0.1, 0.15) is 44.2 Å². The number of nitrogens with zero attached hydrogens (tertiary/aromatic N) is 5. The number of hydrogen-bond acceptors (Lipinski definition) is 8. The van der Waals surface area contributed by atoms with Crippen molar-refractivity contribution in [3.63, 3.8) is 0 Å². The quantitative estimate of drug-likeness (QED) is 0.371. The topological polar surface area (TPSA) is 65.9 Å². The van der Waals surface area contributed by atoms with Crippen molar-refractivity contribution in [3.05, 3.63) is 28.8 Å². The van der Waals surface area contributed by atoms with Crippen LogP contribution in [-0.2, 0) is 6.42 Å². The molecule has 1 aliphatic rings. The van der Waals surface area contributed by atoms with Gasteiger partial charge in [0.2, 0.25) is 11.8 Å². The standard InChI is InChI=1S/C22H34N6OS/c1-6-18-7-8-20(30-18)27(5)24-16-17-15-19(29-14-11-23-4)26-21(25-17)28-12-9-22(2,3)10-13-28/h7-8,15-16,23H,6,9-14H2,1-5H3/b24-16+. The van der Waals surface area contributed by atoms with E-state index < -0.39 is 0 Å². The number of nitrogens with one attached hydrogen (secondary N) is 1. The maximum atomic E-state index is 5.86. The van der Waals surface area contributed by atoms with Crippen molar-refractivity contribution in [2.45, 2.75) is 40.0 Å². The Kier molecular flexibility index (Phi) is 7.66. The van der Waals surface area contributed by atoms with E-state index in [1.165, 1.54) is 4.88 Å². The number of thiophene rings is 1. The summed E-state index contributed by atoms with van der Waals surface area (Å²) in [4.78, 5) is 13.0. The molecule has 0 radical (unpaired) electrons. The van der Waals surface area contributed by atoms with Gasteiger partial charge in [-0.1, -0.05) is 20.8 Å². The van der Waals surface area contributed by atoms with E-state index in [1.807, 2.05) is 25.2 Å². The SMILES string of the molecule is CCc1ccc(N(C)/N=C/c2cc(OCCNC)nc(N3CCC(C)(C)CC3)n2)s1. The lowest BCUT2D eigenvalue weighted by Crippen LogP contribution is -2.38. The van der Waals surface area contributed by atoms with E-state index in [2.05, 4.69) is 53.2 Å². The first-order valence-electron chi connectivity index (χ1n) is 10.7. The van der Waals surface area contributed by atoms with Crippen molar-refractivity contribution < 1.29 is 4.74 Å². The van der Waals surface area contributed by atoms with Crippen molar-refractivity contribution in [1.82, 2.24) is 15.3 Å². The summed E-state index contributed by atoms with van der Waals surface area (Å²) in [5.41, 5.74) is 1.13. The first-order valence-corrected chi connectivity index (χ1v) is 11.5. The Labute approximate surface area is 184 Å². The molecule has 2 aromatic rings. The van der Waals surface area contributed by atoms with Gasteiger partial charge in [-0.2, -0.15) is 10.1 Å². The third kappa shape index (κ3) is 6.15. The number of aryl methyl sites for hydroxylation is 1. The van der Waals surface area contributed by atoms with Crippen LogP contribution in [0.5, 0.6) is 5.88 Å². The minimum Gasteiger partial charge on any atom is -0.476 e. The summed E-state index contributed by atoms with van der Waals surface area (Å²) in [6.45, 7) is 10.1. The molecule has 0 bridgehead atoms. The molecule has 1 aliphatic heterocycles. The number of rotatable bonds is 9. The van der Waals surface area contributed by atoms with Gasteiger partial charge in [-0.25, -0.2) is 4.98 Å². The summed E-state index contributed by atoms with van der Waals surface area (Å²) in [6, 6.07) is 6.12. The summed E-state index contributed by atoms with van der Waals surface area (Å²) in [6.07, 6.45) is 5.09. The van der Waals surface area contributed by atoms with Crippen molar-refractivity contribution in [3.8, 4) is 5.88 Å². The number of piperidine rings is 1. The van der Waals surface area contributed by atoms with Crippen LogP contribution in [0.4, 0.5) is 10.9 Å². The molecule has 1 N–H and O–H groups in total. The second kappa shape index (κ2) is 10.2. The molecule has 0 amide bonds. The van der Waals surface area contributed by atoms with Crippen LogP contribution in [0, 0.1) is 5.41 Å². The molecule has 0 aromatic carbocycles. The average Bonchev–Trinajstić information content (AvgIpc) is 3.21. The zero-order valence-corrected chi connectivity index (χ0v) is 19.6. The third-order valence-corrected chi connectivity index (χ3v) is 6.69. The Morgan fingerprint density at radius 1 is 1.30 bits per heavy atom. The molecule has 0 saturated carbocycles. The zero-order chi connectivity index (χ0) is 21.6. The molecule has 0 atom stereocenters. The van der Waals surface area contributed by atoms with Gasteiger partial charge >= 0.3 is 0 Å². The van der Waals surface area contributed by atoms with Crippen LogP contribution in [-0.4, -0.2) is 56.5 Å². The number of anilines is 2. The smallest absolute Gasteiger partial charge is 0.229 e. The third-order valence-electron chi connectivity index (χ3n) is 5.39. The van der Waals surface area contributed by atoms with Gasteiger partial charge in [0.05, 0.1) is 11.9 Å². The summed E-state index contributed by atoms with van der Waals surface area (Å²) >= 11 is 1.76. The van der Waals surface area contributed by atoms with E-state index in [0.717, 1.165) is 55.5 Å². The van der Waals surface area contributed by atoms with E-state index in [4.69, 9.17) is 9.72 Å². The predicted molar refractivity (Wildman–Crippen MR) is 126 cm³/mol. The molecule has 2 aromatic heterocycles. The normalized spacial score (nSPS) is 16.2. The number of ether oxygens (including phenoxy) is 1. The van der Waals surface area contributed by atoms with Gasteiger partial charge in [0.25, 0.3) is 0 Å². The lowest BCUT2D eigenvalue weighted by molar-refractivity contribution is 0.276. The lowest BCUT2D eigenvalue weighted by Gasteiger charge is -2.36. The highest BCUT2D eigenvalue weighted by Gasteiger charge is 2.27. The second-order valence-corrected chi connectivity index (χ2v) is 9.54. The largest absolute Gasteiger partial charge is 0.476 e. The summed E-state index contributed by atoms with van der Waals surface area (Å²) in [5, 5.41) is 10.7. The fourth-order valence-corrected chi connectivity index (χ4v) is 4.08. The molecule has 0 spiro atoms. The molecule has 0 unspecified atom stereocenters. The molecule has 1 saturated heterocycles. The highest BCUT2D eigenvalue weighted by molar-refractivity contribution is 7.16. The Morgan fingerprint density at radius 2 is 2.07 bits per heavy atom. The Morgan fingerprint density at radius 3 is 2.73 bits per heavy atom. The molecule has 30 heavy (non-hydrogen) atoms. The van der Waals surface area contributed by atoms with Gasteiger partial charge in [-0.3, -0.25) is 5.01 Å². The van der Waals surface area contributed by atoms with E-state index >= 15 is 0 Å². The molecule has 164 valence electrons. The van der Waals surface area contributed by atoms with Gasteiger partial charge in [-0.15, -0.1) is 11.3 Å². The fraction of sp³-hybridized carbons (Fsp3) is 0.591. The van der Waals surface area contributed by atoms with Crippen LogP contribution >= 0.6 is 11.3 Å². The fourth-order valence-electron chi connectivity index (χ4n) is 3.21. The van der Waals surface area contributed by atoms with Crippen LogP contribution in [0.15, 0.2) is 23.3 Å². The first kappa shape index (κ1) is 22.5. The van der Waals surface area contributed by atoms with E-state index in [1.54, 1.807) is 17.6 Å². The van der Waals surface area contributed by atoms with Crippen LogP contribution in [0.3, 0.4) is 0 Å². The maximum Gasteiger partial charge on any atom is 0.229 e. The molecule has 7 nitrogen and oxygen atoms in total. The van der Waals surface area contributed by atoms with E-state index in [0.29, 0.717) is 17.9 Å². The molecule has 8 heteroatoms. The molecule has 1 fully saturated rings. The molecular weight excluding hydrogens is 396 g/mol. The van der Waals surface area contributed by atoms with E-state index in [-0.39, 0.29) is 0 Å². The maximum absolute atomic E-state index is 5.86. The predicted octanol–water partition coefficient (Wildman–Crippen LogP) is 3.80. The van der Waals surface area contributed by atoms with Crippen LogP contribution in [0.25, 0.3) is 0 Å². The van der Waals surface area contributed by atoms with Gasteiger partial charge in [0.1, 0.15) is 11.6 Å². The minimum absolute atomic E-state index is 0.377. The Hall–Kier alpha value is -2.19.